The minimum absolute atomic E-state index is 0.00817. The average molecular weight is 271 g/mol. The number of carbonyl (C=O) groups is 1. The van der Waals surface area contributed by atoms with Gasteiger partial charge in [0.15, 0.2) is 0 Å². The number of benzene rings is 1. The van der Waals surface area contributed by atoms with Crippen molar-refractivity contribution >= 4 is 22.9 Å². The number of carbonyl (C=O) groups excluding carboxylic acids is 1. The van der Waals surface area contributed by atoms with Crippen LogP contribution in [0.3, 0.4) is 0 Å². The van der Waals surface area contributed by atoms with Gasteiger partial charge in [0.25, 0.3) is 0 Å². The number of nitrogens with two attached hydrogens (primary N) is 1. The second-order valence-corrected chi connectivity index (χ2v) is 5.38. The zero-order valence-corrected chi connectivity index (χ0v) is 12.5. The van der Waals surface area contributed by atoms with E-state index >= 15 is 0 Å². The Morgan fingerprint density at radius 3 is 2.45 bits per heavy atom. The Hall–Kier alpha value is -2.10. The Balaban J connectivity index is 2.34. The molecule has 0 aromatic heterocycles. The monoisotopic (exact) mass is 271 g/mol. The Morgan fingerprint density at radius 2 is 1.85 bits per heavy atom. The Morgan fingerprint density at radius 1 is 1.15 bits per heavy atom. The summed E-state index contributed by atoms with van der Waals surface area (Å²) in [5, 5.41) is 0. The molecule has 0 aliphatic heterocycles. The van der Waals surface area contributed by atoms with Crippen LogP contribution in [0, 0.1) is 13.8 Å². The Labute approximate surface area is 120 Å². The summed E-state index contributed by atoms with van der Waals surface area (Å²) in [5.41, 5.74) is 11.2. The van der Waals surface area contributed by atoms with Crippen LogP contribution in [0.25, 0.3) is 0 Å². The molecule has 0 radical (unpaired) electrons. The smallest absolute Gasteiger partial charge is 0.201 e. The SMILES string of the molecule is Cc1c(N)ccc(N=C2CCC(N(C)C)=CC2=O)c1C. The topological polar surface area (TPSA) is 58.7 Å². The van der Waals surface area contributed by atoms with Crippen molar-refractivity contribution in [3.8, 4) is 0 Å². The Bertz CT molecular complexity index is 612. The molecule has 1 aromatic carbocycles. The van der Waals surface area contributed by atoms with Crippen molar-refractivity contribution in [2.45, 2.75) is 26.7 Å². The minimum atomic E-state index is 0.00817. The molecule has 0 saturated carbocycles. The van der Waals surface area contributed by atoms with Gasteiger partial charge in [0.1, 0.15) is 0 Å². The third kappa shape index (κ3) is 2.74. The molecule has 0 amide bonds. The summed E-state index contributed by atoms with van der Waals surface area (Å²) >= 11 is 0. The number of ketones is 1. The minimum Gasteiger partial charge on any atom is -0.399 e. The zero-order valence-electron chi connectivity index (χ0n) is 12.5. The van der Waals surface area contributed by atoms with Gasteiger partial charge < -0.3 is 10.6 Å². The lowest BCUT2D eigenvalue weighted by atomic mass is 10.00. The summed E-state index contributed by atoms with van der Waals surface area (Å²) < 4.78 is 0. The van der Waals surface area contributed by atoms with Gasteiger partial charge in [-0.2, -0.15) is 0 Å². The van der Waals surface area contributed by atoms with Gasteiger partial charge in [-0.15, -0.1) is 0 Å². The summed E-state index contributed by atoms with van der Waals surface area (Å²) in [5.74, 6) is 0.00817. The maximum atomic E-state index is 12.1. The number of aliphatic imine (C=N–C) groups is 1. The third-order valence-electron chi connectivity index (χ3n) is 3.83. The fourth-order valence-electron chi connectivity index (χ4n) is 2.23. The fraction of sp³-hybridized carbons (Fsp3) is 0.375. The molecule has 2 rings (SSSR count). The molecule has 4 nitrogen and oxygen atoms in total. The highest BCUT2D eigenvalue weighted by molar-refractivity contribution is 6.45. The number of rotatable bonds is 2. The van der Waals surface area contributed by atoms with E-state index in [9.17, 15) is 4.79 Å². The largest absolute Gasteiger partial charge is 0.399 e. The van der Waals surface area contributed by atoms with Gasteiger partial charge in [-0.05, 0) is 49.9 Å². The molecule has 2 N–H and O–H groups in total. The molecule has 0 saturated heterocycles. The van der Waals surface area contributed by atoms with Crippen LogP contribution in [-0.2, 0) is 4.79 Å². The molecule has 1 aliphatic carbocycles. The number of hydrogen-bond acceptors (Lipinski definition) is 4. The lowest BCUT2D eigenvalue weighted by molar-refractivity contribution is -0.109. The molecule has 0 unspecified atom stereocenters. The maximum Gasteiger partial charge on any atom is 0.201 e. The van der Waals surface area contributed by atoms with Crippen LogP contribution in [0.15, 0.2) is 28.9 Å². The first kappa shape index (κ1) is 14.3. The second kappa shape index (κ2) is 5.49. The third-order valence-corrected chi connectivity index (χ3v) is 3.83. The molecule has 106 valence electrons. The van der Waals surface area contributed by atoms with Crippen molar-refractivity contribution in [2.75, 3.05) is 19.8 Å². The molecule has 0 atom stereocenters. The molecule has 20 heavy (non-hydrogen) atoms. The molecule has 0 spiro atoms. The van der Waals surface area contributed by atoms with Gasteiger partial charge in [-0.3, -0.25) is 4.79 Å². The first-order valence-corrected chi connectivity index (χ1v) is 6.75. The molecule has 0 bridgehead atoms. The molecule has 1 aromatic rings. The van der Waals surface area contributed by atoms with Gasteiger partial charge >= 0.3 is 0 Å². The molecular weight excluding hydrogens is 250 g/mol. The first-order valence-electron chi connectivity index (χ1n) is 6.75. The summed E-state index contributed by atoms with van der Waals surface area (Å²) in [6, 6.07) is 3.72. The van der Waals surface area contributed by atoms with Crippen LogP contribution in [0.1, 0.15) is 24.0 Å². The lowest BCUT2D eigenvalue weighted by Gasteiger charge is -2.21. The van der Waals surface area contributed by atoms with E-state index in [1.54, 1.807) is 6.08 Å². The van der Waals surface area contributed by atoms with Gasteiger partial charge in [0, 0.05) is 31.6 Å². The van der Waals surface area contributed by atoms with E-state index in [-0.39, 0.29) is 5.78 Å². The van der Waals surface area contributed by atoms with Gasteiger partial charge in [-0.1, -0.05) is 0 Å². The second-order valence-electron chi connectivity index (χ2n) is 5.38. The highest BCUT2D eigenvalue weighted by atomic mass is 16.1. The van der Waals surface area contributed by atoms with Crippen LogP contribution in [0.2, 0.25) is 0 Å². The summed E-state index contributed by atoms with van der Waals surface area (Å²) in [4.78, 5) is 18.6. The highest BCUT2D eigenvalue weighted by Gasteiger charge is 2.18. The first-order chi connectivity index (χ1) is 9.40. The van der Waals surface area contributed by atoms with E-state index in [2.05, 4.69) is 4.99 Å². The van der Waals surface area contributed by atoms with E-state index < -0.39 is 0 Å². The molecule has 1 aliphatic rings. The van der Waals surface area contributed by atoms with Crippen LogP contribution in [0.5, 0.6) is 0 Å². The van der Waals surface area contributed by atoms with Crippen molar-refractivity contribution in [3.05, 3.63) is 35.0 Å². The van der Waals surface area contributed by atoms with Gasteiger partial charge in [0.2, 0.25) is 5.78 Å². The standard InChI is InChI=1S/C16H21N3O/c1-10-11(2)14(8-6-13(10)17)18-15-7-5-12(19(3)4)9-16(15)20/h6,8-9H,5,7,17H2,1-4H3. The van der Waals surface area contributed by atoms with Crippen molar-refractivity contribution in [3.63, 3.8) is 0 Å². The number of allylic oxidation sites excluding steroid dienone is 2. The van der Waals surface area contributed by atoms with Crippen molar-refractivity contribution in [1.82, 2.24) is 4.90 Å². The van der Waals surface area contributed by atoms with Crippen molar-refractivity contribution < 1.29 is 4.79 Å². The molecule has 0 heterocycles. The predicted molar refractivity (Wildman–Crippen MR) is 83.4 cm³/mol. The summed E-state index contributed by atoms with van der Waals surface area (Å²) in [6.45, 7) is 3.96. The number of nitrogen functional groups attached to an aromatic ring is 1. The zero-order chi connectivity index (χ0) is 14.9. The number of hydrogen-bond donors (Lipinski definition) is 1. The maximum absolute atomic E-state index is 12.1. The molecule has 0 fully saturated rings. The van der Waals surface area contributed by atoms with Crippen molar-refractivity contribution in [1.29, 1.82) is 0 Å². The Kier molecular flexibility index (Phi) is 3.93. The molecular formula is C16H21N3O. The number of nitrogens with zero attached hydrogens (tertiary/aromatic N) is 2. The van der Waals surface area contributed by atoms with Crippen molar-refractivity contribution in [2.24, 2.45) is 4.99 Å². The summed E-state index contributed by atoms with van der Waals surface area (Å²) in [6.07, 6.45) is 3.22. The fourth-order valence-corrected chi connectivity index (χ4v) is 2.23. The lowest BCUT2D eigenvalue weighted by Crippen LogP contribution is -2.23. The quantitative estimate of drug-likeness (QED) is 0.841. The molecule has 4 heteroatoms. The van der Waals surface area contributed by atoms with E-state index in [0.29, 0.717) is 12.1 Å². The van der Waals surface area contributed by atoms with Crippen LogP contribution >= 0.6 is 0 Å². The predicted octanol–water partition coefficient (Wildman–Crippen LogP) is 2.77. The van der Waals surface area contributed by atoms with E-state index in [1.807, 2.05) is 45.0 Å². The average Bonchev–Trinajstić information content (AvgIpc) is 2.41. The number of anilines is 1. The highest BCUT2D eigenvalue weighted by Crippen LogP contribution is 2.27. The van der Waals surface area contributed by atoms with Crippen LogP contribution in [0.4, 0.5) is 11.4 Å². The van der Waals surface area contributed by atoms with Crippen LogP contribution < -0.4 is 5.73 Å². The van der Waals surface area contributed by atoms with E-state index in [0.717, 1.165) is 34.6 Å². The van der Waals surface area contributed by atoms with Gasteiger partial charge in [-0.25, -0.2) is 4.99 Å². The van der Waals surface area contributed by atoms with Gasteiger partial charge in [0.05, 0.1) is 11.4 Å². The van der Waals surface area contributed by atoms with E-state index in [4.69, 9.17) is 5.73 Å². The van der Waals surface area contributed by atoms with Crippen LogP contribution in [-0.4, -0.2) is 30.5 Å². The normalized spacial score (nSPS) is 17.3. The van der Waals surface area contributed by atoms with E-state index in [1.165, 1.54) is 0 Å². The summed E-state index contributed by atoms with van der Waals surface area (Å²) in [7, 11) is 3.91.